The highest BCUT2D eigenvalue weighted by Crippen LogP contribution is 2.30. The molecule has 3 rings (SSSR count). The maximum atomic E-state index is 11.9. The first-order chi connectivity index (χ1) is 13.0. The SMILES string of the molecule is N#Cc1ccnc(C(N)=O)c1-c1cn(-c2ccc(CO)cc2)nc1C(N)=O. The number of nitrogens with zero attached hydrogens (tertiary/aromatic N) is 4. The second-order valence-electron chi connectivity index (χ2n) is 5.58. The van der Waals surface area contributed by atoms with Gasteiger partial charge < -0.3 is 16.6 Å². The number of carbonyl (C=O) groups is 2. The molecule has 5 N–H and O–H groups in total. The summed E-state index contributed by atoms with van der Waals surface area (Å²) in [4.78, 5) is 27.6. The number of amides is 2. The van der Waals surface area contributed by atoms with Crippen molar-refractivity contribution >= 4 is 11.8 Å². The maximum absolute atomic E-state index is 11.9. The summed E-state index contributed by atoms with van der Waals surface area (Å²) in [7, 11) is 0. The van der Waals surface area contributed by atoms with E-state index >= 15 is 0 Å². The van der Waals surface area contributed by atoms with E-state index < -0.39 is 11.8 Å². The van der Waals surface area contributed by atoms with Gasteiger partial charge >= 0.3 is 0 Å². The Bertz CT molecular complexity index is 1080. The molecule has 9 nitrogen and oxygen atoms in total. The summed E-state index contributed by atoms with van der Waals surface area (Å²) >= 11 is 0. The normalized spacial score (nSPS) is 10.4. The maximum Gasteiger partial charge on any atom is 0.269 e. The summed E-state index contributed by atoms with van der Waals surface area (Å²) < 4.78 is 1.38. The standard InChI is InChI=1S/C18H14N6O3/c19-7-11-5-6-22-16(18(21)27)14(11)13-8-24(23-15(13)17(20)26)12-3-1-10(9-25)2-4-12/h1-6,8,25H,9H2,(H2,20,26)(H2,21,27). The van der Waals surface area contributed by atoms with Crippen LogP contribution in [0.5, 0.6) is 0 Å². The van der Waals surface area contributed by atoms with Crippen molar-refractivity contribution in [1.29, 1.82) is 5.26 Å². The number of hydrogen-bond acceptors (Lipinski definition) is 6. The lowest BCUT2D eigenvalue weighted by molar-refractivity contribution is 0.0985. The minimum absolute atomic E-state index is 0.0968. The fraction of sp³-hybridized carbons (Fsp3) is 0.0556. The molecule has 2 aromatic heterocycles. The molecule has 0 aliphatic carbocycles. The summed E-state index contributed by atoms with van der Waals surface area (Å²) in [5.41, 5.74) is 12.2. The number of carbonyl (C=O) groups excluding carboxylic acids is 2. The van der Waals surface area contributed by atoms with Crippen LogP contribution in [-0.4, -0.2) is 31.7 Å². The Hall–Kier alpha value is -4.03. The number of nitriles is 1. The van der Waals surface area contributed by atoms with Gasteiger partial charge in [0.25, 0.3) is 11.8 Å². The molecule has 0 aliphatic heterocycles. The summed E-state index contributed by atoms with van der Waals surface area (Å²) in [5.74, 6) is -1.68. The second-order valence-corrected chi connectivity index (χ2v) is 5.58. The van der Waals surface area contributed by atoms with Crippen LogP contribution in [0.3, 0.4) is 0 Å². The predicted octanol–water partition coefficient (Wildman–Crippen LogP) is 0.496. The minimum Gasteiger partial charge on any atom is -0.392 e. The molecule has 3 aromatic rings. The second kappa shape index (κ2) is 7.07. The van der Waals surface area contributed by atoms with Gasteiger partial charge in [-0.1, -0.05) is 12.1 Å². The lowest BCUT2D eigenvalue weighted by Crippen LogP contribution is -2.17. The Morgan fingerprint density at radius 2 is 1.78 bits per heavy atom. The van der Waals surface area contributed by atoms with E-state index in [1.54, 1.807) is 24.3 Å². The third-order valence-corrected chi connectivity index (χ3v) is 3.91. The Labute approximate surface area is 153 Å². The number of nitrogens with two attached hydrogens (primary N) is 2. The van der Waals surface area contributed by atoms with E-state index in [-0.39, 0.29) is 34.7 Å². The number of benzene rings is 1. The quantitative estimate of drug-likeness (QED) is 0.598. The number of aliphatic hydroxyl groups is 1. The van der Waals surface area contributed by atoms with Gasteiger partial charge in [0.1, 0.15) is 5.69 Å². The van der Waals surface area contributed by atoms with E-state index in [9.17, 15) is 14.9 Å². The molecule has 1 aromatic carbocycles. The van der Waals surface area contributed by atoms with Gasteiger partial charge in [0.15, 0.2) is 5.69 Å². The number of aliphatic hydroxyl groups excluding tert-OH is 1. The average molecular weight is 362 g/mol. The Balaban J connectivity index is 2.25. The van der Waals surface area contributed by atoms with Crippen LogP contribution in [-0.2, 0) is 6.61 Å². The van der Waals surface area contributed by atoms with Crippen LogP contribution in [0.2, 0.25) is 0 Å². The van der Waals surface area contributed by atoms with Crippen LogP contribution in [0.25, 0.3) is 16.8 Å². The molecule has 0 atom stereocenters. The van der Waals surface area contributed by atoms with Crippen LogP contribution in [0.4, 0.5) is 0 Å². The van der Waals surface area contributed by atoms with Crippen LogP contribution >= 0.6 is 0 Å². The lowest BCUT2D eigenvalue weighted by atomic mass is 9.98. The van der Waals surface area contributed by atoms with Gasteiger partial charge in [-0.3, -0.25) is 14.6 Å². The Morgan fingerprint density at radius 3 is 2.33 bits per heavy atom. The largest absolute Gasteiger partial charge is 0.392 e. The van der Waals surface area contributed by atoms with E-state index in [0.717, 1.165) is 0 Å². The molecule has 0 fully saturated rings. The van der Waals surface area contributed by atoms with Crippen molar-refractivity contribution in [3.05, 3.63) is 65.2 Å². The molecule has 0 spiro atoms. The molecule has 0 bridgehead atoms. The van der Waals surface area contributed by atoms with Crippen molar-refractivity contribution in [3.63, 3.8) is 0 Å². The Kier molecular flexibility index (Phi) is 4.66. The van der Waals surface area contributed by atoms with Gasteiger partial charge in [-0.25, -0.2) is 4.68 Å². The fourth-order valence-electron chi connectivity index (χ4n) is 2.64. The lowest BCUT2D eigenvalue weighted by Gasteiger charge is -2.07. The van der Waals surface area contributed by atoms with Crippen molar-refractivity contribution in [3.8, 4) is 22.9 Å². The molecular weight excluding hydrogens is 348 g/mol. The summed E-state index contributed by atoms with van der Waals surface area (Å²) in [6.07, 6.45) is 2.75. The minimum atomic E-state index is -0.849. The molecule has 2 amide bonds. The number of hydrogen-bond donors (Lipinski definition) is 3. The van der Waals surface area contributed by atoms with E-state index in [1.165, 1.54) is 23.1 Å². The van der Waals surface area contributed by atoms with Crippen LogP contribution in [0, 0.1) is 11.3 Å². The topological polar surface area (TPSA) is 161 Å². The molecule has 0 saturated heterocycles. The zero-order chi connectivity index (χ0) is 19.6. The van der Waals surface area contributed by atoms with Gasteiger partial charge in [-0.05, 0) is 23.8 Å². The molecule has 0 unspecified atom stereocenters. The highest BCUT2D eigenvalue weighted by molar-refractivity contribution is 6.04. The highest BCUT2D eigenvalue weighted by Gasteiger charge is 2.24. The third-order valence-electron chi connectivity index (χ3n) is 3.91. The smallest absolute Gasteiger partial charge is 0.269 e. The molecule has 9 heteroatoms. The molecule has 0 saturated carbocycles. The molecule has 27 heavy (non-hydrogen) atoms. The molecular formula is C18H14N6O3. The highest BCUT2D eigenvalue weighted by atomic mass is 16.3. The van der Waals surface area contributed by atoms with Gasteiger partial charge in [0, 0.05) is 23.5 Å². The number of rotatable bonds is 5. The summed E-state index contributed by atoms with van der Waals surface area (Å²) in [6, 6.07) is 10.1. The third kappa shape index (κ3) is 3.24. The first-order valence-corrected chi connectivity index (χ1v) is 7.75. The predicted molar refractivity (Wildman–Crippen MR) is 94.5 cm³/mol. The molecule has 2 heterocycles. The fourth-order valence-corrected chi connectivity index (χ4v) is 2.64. The van der Waals surface area contributed by atoms with Crippen molar-refractivity contribution in [2.75, 3.05) is 0 Å². The van der Waals surface area contributed by atoms with E-state index in [4.69, 9.17) is 16.6 Å². The zero-order valence-electron chi connectivity index (χ0n) is 14.0. The first-order valence-electron chi connectivity index (χ1n) is 7.75. The van der Waals surface area contributed by atoms with Crippen LogP contribution < -0.4 is 11.5 Å². The molecule has 0 aliphatic rings. The Morgan fingerprint density at radius 1 is 1.11 bits per heavy atom. The van der Waals surface area contributed by atoms with E-state index in [2.05, 4.69) is 10.1 Å². The molecule has 0 radical (unpaired) electrons. The van der Waals surface area contributed by atoms with Crippen LogP contribution in [0.1, 0.15) is 32.1 Å². The van der Waals surface area contributed by atoms with E-state index in [0.29, 0.717) is 11.3 Å². The summed E-state index contributed by atoms with van der Waals surface area (Å²) in [6.45, 7) is -0.111. The van der Waals surface area contributed by atoms with Gasteiger partial charge in [-0.15, -0.1) is 0 Å². The zero-order valence-corrected chi connectivity index (χ0v) is 14.0. The van der Waals surface area contributed by atoms with Crippen molar-refractivity contribution < 1.29 is 14.7 Å². The number of pyridine rings is 1. The van der Waals surface area contributed by atoms with Gasteiger partial charge in [-0.2, -0.15) is 10.4 Å². The van der Waals surface area contributed by atoms with Gasteiger partial charge in [0.2, 0.25) is 0 Å². The van der Waals surface area contributed by atoms with Crippen molar-refractivity contribution in [2.24, 2.45) is 11.5 Å². The number of primary amides is 2. The summed E-state index contributed by atoms with van der Waals surface area (Å²) in [5, 5.41) is 22.7. The monoisotopic (exact) mass is 362 g/mol. The molecule has 134 valence electrons. The first kappa shape index (κ1) is 17.8. The average Bonchev–Trinajstić information content (AvgIpc) is 3.12. The van der Waals surface area contributed by atoms with Gasteiger partial charge in [0.05, 0.1) is 23.9 Å². The van der Waals surface area contributed by atoms with Crippen molar-refractivity contribution in [2.45, 2.75) is 6.61 Å². The van der Waals surface area contributed by atoms with Crippen molar-refractivity contribution in [1.82, 2.24) is 14.8 Å². The van der Waals surface area contributed by atoms with E-state index in [1.807, 2.05) is 6.07 Å². The number of aromatic nitrogens is 3. The van der Waals surface area contributed by atoms with Crippen LogP contribution in [0.15, 0.2) is 42.7 Å².